The quantitative estimate of drug-likeness (QED) is 0.938. The van der Waals surface area contributed by atoms with Crippen molar-refractivity contribution in [3.05, 3.63) is 42.2 Å². The smallest absolute Gasteiger partial charge is 0.151 e. The zero-order valence-corrected chi connectivity index (χ0v) is 12.5. The summed E-state index contributed by atoms with van der Waals surface area (Å²) in [5, 5.41) is 4.19. The molecule has 1 saturated heterocycles. The highest BCUT2D eigenvalue weighted by molar-refractivity contribution is 5.58. The van der Waals surface area contributed by atoms with Gasteiger partial charge in [0.1, 0.15) is 5.69 Å². The lowest BCUT2D eigenvalue weighted by Crippen LogP contribution is -2.47. The summed E-state index contributed by atoms with van der Waals surface area (Å²) in [5.74, 6) is 1.57. The predicted octanol–water partition coefficient (Wildman–Crippen LogP) is 2.90. The molecular formula is C17H23N3O. The summed E-state index contributed by atoms with van der Waals surface area (Å²) in [6.45, 7) is 4.89. The lowest BCUT2D eigenvalue weighted by atomic mass is 9.91. The molecule has 1 aromatic carbocycles. The summed E-state index contributed by atoms with van der Waals surface area (Å²) in [6.07, 6.45) is 2.50. The average molecular weight is 285 g/mol. The maximum Gasteiger partial charge on any atom is 0.151 e. The summed E-state index contributed by atoms with van der Waals surface area (Å²) in [6, 6.07) is 12.6. The molecule has 1 fully saturated rings. The van der Waals surface area contributed by atoms with Gasteiger partial charge < -0.3 is 10.3 Å². The number of hydrogen-bond acceptors (Lipinski definition) is 4. The standard InChI is InChI=1S/C17H23N3O/c1-13-6-5-9-20(17(13)11-18)12-15-10-16(19-21-15)14-7-3-2-4-8-14/h2-4,7-8,10,13,17H,5-6,9,11-12,18H2,1H3. The van der Waals surface area contributed by atoms with Gasteiger partial charge in [-0.05, 0) is 25.3 Å². The van der Waals surface area contributed by atoms with Gasteiger partial charge in [-0.2, -0.15) is 0 Å². The third kappa shape index (κ3) is 3.17. The van der Waals surface area contributed by atoms with Gasteiger partial charge in [-0.15, -0.1) is 0 Å². The molecule has 2 unspecified atom stereocenters. The van der Waals surface area contributed by atoms with Gasteiger partial charge in [0.25, 0.3) is 0 Å². The molecule has 1 aliphatic rings. The molecule has 2 heterocycles. The Morgan fingerprint density at radius 2 is 2.14 bits per heavy atom. The maximum atomic E-state index is 5.95. The zero-order chi connectivity index (χ0) is 14.7. The summed E-state index contributed by atoms with van der Waals surface area (Å²) in [7, 11) is 0. The van der Waals surface area contributed by atoms with E-state index in [9.17, 15) is 0 Å². The molecule has 2 atom stereocenters. The fourth-order valence-corrected chi connectivity index (χ4v) is 3.24. The van der Waals surface area contributed by atoms with Crippen LogP contribution in [0.3, 0.4) is 0 Å². The molecule has 4 heteroatoms. The second-order valence-corrected chi connectivity index (χ2v) is 5.94. The highest BCUT2D eigenvalue weighted by Crippen LogP contribution is 2.25. The van der Waals surface area contributed by atoms with Gasteiger partial charge in [-0.3, -0.25) is 4.90 Å². The van der Waals surface area contributed by atoms with Crippen LogP contribution < -0.4 is 5.73 Å². The minimum Gasteiger partial charge on any atom is -0.359 e. The van der Waals surface area contributed by atoms with E-state index in [4.69, 9.17) is 10.3 Å². The Kier molecular flexibility index (Phi) is 4.36. The van der Waals surface area contributed by atoms with Crippen LogP contribution in [-0.2, 0) is 6.54 Å². The van der Waals surface area contributed by atoms with E-state index in [0.717, 1.165) is 30.1 Å². The predicted molar refractivity (Wildman–Crippen MR) is 83.6 cm³/mol. The van der Waals surface area contributed by atoms with Gasteiger partial charge in [-0.1, -0.05) is 42.4 Å². The molecule has 0 spiro atoms. The molecule has 0 bridgehead atoms. The van der Waals surface area contributed by atoms with Crippen LogP contribution >= 0.6 is 0 Å². The molecule has 4 nitrogen and oxygen atoms in total. The summed E-state index contributed by atoms with van der Waals surface area (Å²) < 4.78 is 5.52. The maximum absolute atomic E-state index is 5.95. The van der Waals surface area contributed by atoms with Crippen molar-refractivity contribution >= 4 is 0 Å². The van der Waals surface area contributed by atoms with Crippen LogP contribution in [0.2, 0.25) is 0 Å². The first-order valence-corrected chi connectivity index (χ1v) is 7.73. The van der Waals surface area contributed by atoms with Crippen LogP contribution in [0.5, 0.6) is 0 Å². The largest absolute Gasteiger partial charge is 0.359 e. The van der Waals surface area contributed by atoms with Crippen LogP contribution in [0, 0.1) is 5.92 Å². The molecule has 2 N–H and O–H groups in total. The highest BCUT2D eigenvalue weighted by atomic mass is 16.5. The minimum absolute atomic E-state index is 0.448. The van der Waals surface area contributed by atoms with Crippen LogP contribution in [0.1, 0.15) is 25.5 Å². The van der Waals surface area contributed by atoms with E-state index >= 15 is 0 Å². The molecule has 1 aliphatic heterocycles. The number of hydrogen-bond donors (Lipinski definition) is 1. The first-order valence-electron chi connectivity index (χ1n) is 7.73. The number of benzene rings is 1. The fraction of sp³-hybridized carbons (Fsp3) is 0.471. The number of likely N-dealkylation sites (tertiary alicyclic amines) is 1. The molecular weight excluding hydrogens is 262 g/mol. The highest BCUT2D eigenvalue weighted by Gasteiger charge is 2.28. The van der Waals surface area contributed by atoms with Crippen molar-refractivity contribution in [3.63, 3.8) is 0 Å². The average Bonchev–Trinajstić information content (AvgIpc) is 2.97. The summed E-state index contributed by atoms with van der Waals surface area (Å²) in [5.41, 5.74) is 7.94. The molecule has 1 aromatic heterocycles. The van der Waals surface area contributed by atoms with Crippen LogP contribution in [0.15, 0.2) is 40.9 Å². The third-order valence-electron chi connectivity index (χ3n) is 4.46. The van der Waals surface area contributed by atoms with E-state index in [0.29, 0.717) is 18.5 Å². The van der Waals surface area contributed by atoms with Crippen LogP contribution in [-0.4, -0.2) is 29.2 Å². The first-order chi connectivity index (χ1) is 10.3. The van der Waals surface area contributed by atoms with Crippen molar-refractivity contribution < 1.29 is 4.52 Å². The van der Waals surface area contributed by atoms with Gasteiger partial charge >= 0.3 is 0 Å². The van der Waals surface area contributed by atoms with Gasteiger partial charge in [0.2, 0.25) is 0 Å². The Balaban J connectivity index is 1.72. The number of piperidine rings is 1. The minimum atomic E-state index is 0.448. The number of nitrogens with two attached hydrogens (primary N) is 1. The Morgan fingerprint density at radius 1 is 1.33 bits per heavy atom. The van der Waals surface area contributed by atoms with Gasteiger partial charge in [0.15, 0.2) is 5.76 Å². The lowest BCUT2D eigenvalue weighted by molar-refractivity contribution is 0.0893. The van der Waals surface area contributed by atoms with E-state index in [1.54, 1.807) is 0 Å². The van der Waals surface area contributed by atoms with E-state index < -0.39 is 0 Å². The Labute approximate surface area is 125 Å². The van der Waals surface area contributed by atoms with Crippen molar-refractivity contribution in [3.8, 4) is 11.3 Å². The second-order valence-electron chi connectivity index (χ2n) is 5.94. The van der Waals surface area contributed by atoms with Crippen molar-refractivity contribution in [2.24, 2.45) is 11.7 Å². The Morgan fingerprint density at radius 3 is 2.90 bits per heavy atom. The monoisotopic (exact) mass is 285 g/mol. The SMILES string of the molecule is CC1CCCN(Cc2cc(-c3ccccc3)no2)C1CN. The molecule has 112 valence electrons. The van der Waals surface area contributed by atoms with Crippen molar-refractivity contribution in [1.29, 1.82) is 0 Å². The van der Waals surface area contributed by atoms with Gasteiger partial charge in [-0.25, -0.2) is 0 Å². The molecule has 2 aromatic rings. The van der Waals surface area contributed by atoms with Crippen molar-refractivity contribution in [2.45, 2.75) is 32.4 Å². The second kappa shape index (κ2) is 6.41. The Hall–Kier alpha value is -1.65. The van der Waals surface area contributed by atoms with E-state index in [1.807, 2.05) is 36.4 Å². The normalized spacial score (nSPS) is 23.3. The number of aromatic nitrogens is 1. The lowest BCUT2D eigenvalue weighted by Gasteiger charge is -2.38. The van der Waals surface area contributed by atoms with E-state index in [-0.39, 0.29) is 0 Å². The van der Waals surface area contributed by atoms with Gasteiger partial charge in [0.05, 0.1) is 6.54 Å². The molecule has 3 rings (SSSR count). The zero-order valence-electron chi connectivity index (χ0n) is 12.5. The van der Waals surface area contributed by atoms with E-state index in [2.05, 4.69) is 17.0 Å². The topological polar surface area (TPSA) is 55.3 Å². The summed E-state index contributed by atoms with van der Waals surface area (Å²) in [4.78, 5) is 2.43. The molecule has 0 radical (unpaired) electrons. The number of rotatable bonds is 4. The van der Waals surface area contributed by atoms with Crippen molar-refractivity contribution in [2.75, 3.05) is 13.1 Å². The molecule has 0 aliphatic carbocycles. The van der Waals surface area contributed by atoms with Gasteiger partial charge in [0, 0.05) is 24.2 Å². The third-order valence-corrected chi connectivity index (χ3v) is 4.46. The molecule has 21 heavy (non-hydrogen) atoms. The van der Waals surface area contributed by atoms with Crippen LogP contribution in [0.25, 0.3) is 11.3 Å². The van der Waals surface area contributed by atoms with Crippen molar-refractivity contribution in [1.82, 2.24) is 10.1 Å². The molecule has 0 amide bonds. The van der Waals surface area contributed by atoms with Crippen LogP contribution in [0.4, 0.5) is 0 Å². The molecule has 0 saturated carbocycles. The van der Waals surface area contributed by atoms with E-state index in [1.165, 1.54) is 12.8 Å². The number of nitrogens with zero attached hydrogens (tertiary/aromatic N) is 2. The Bertz CT molecular complexity index is 566. The first kappa shape index (κ1) is 14.3. The fourth-order valence-electron chi connectivity index (χ4n) is 3.24. The summed E-state index contributed by atoms with van der Waals surface area (Å²) >= 11 is 0.